The smallest absolute Gasteiger partial charge is 0.254 e. The van der Waals surface area contributed by atoms with Gasteiger partial charge >= 0.3 is 0 Å². The first-order chi connectivity index (χ1) is 8.22. The number of nitrogens with zero attached hydrogens (tertiary/aromatic N) is 1. The maximum absolute atomic E-state index is 12.3. The van der Waals surface area contributed by atoms with E-state index in [9.17, 15) is 4.79 Å². The number of hydrogen-bond donors (Lipinski definition) is 0. The van der Waals surface area contributed by atoms with E-state index in [0.29, 0.717) is 11.9 Å². The molecule has 94 valence electrons. The zero-order chi connectivity index (χ0) is 12.3. The molecule has 0 aliphatic carbocycles. The van der Waals surface area contributed by atoms with Crippen molar-refractivity contribution in [3.05, 3.63) is 20.8 Å². The van der Waals surface area contributed by atoms with Crippen molar-refractivity contribution in [1.29, 1.82) is 0 Å². The second-order valence-electron chi connectivity index (χ2n) is 4.27. The number of alkyl halides is 1. The molecule has 1 aliphatic rings. The molecule has 1 saturated heterocycles. The summed E-state index contributed by atoms with van der Waals surface area (Å²) in [7, 11) is 0. The van der Waals surface area contributed by atoms with Gasteiger partial charge in [0.1, 0.15) is 0 Å². The van der Waals surface area contributed by atoms with Gasteiger partial charge in [0.15, 0.2) is 0 Å². The summed E-state index contributed by atoms with van der Waals surface area (Å²) in [6.45, 7) is 0.888. The number of likely N-dealkylation sites (tertiary alicyclic amines) is 1. The first-order valence-corrected chi connectivity index (χ1v) is 8.04. The molecule has 1 atom stereocenters. The molecule has 1 amide bonds. The molecule has 1 aliphatic heterocycles. The summed E-state index contributed by atoms with van der Waals surface area (Å²) in [6, 6.07) is 2.30. The maximum atomic E-state index is 12.3. The number of amides is 1. The Morgan fingerprint density at radius 3 is 3.12 bits per heavy atom. The quantitative estimate of drug-likeness (QED) is 0.757. The van der Waals surface area contributed by atoms with Gasteiger partial charge in [-0.3, -0.25) is 4.79 Å². The Morgan fingerprint density at radius 1 is 1.65 bits per heavy atom. The third-order valence-corrected chi connectivity index (χ3v) is 4.90. The van der Waals surface area contributed by atoms with Crippen molar-refractivity contribution in [2.24, 2.45) is 0 Å². The second kappa shape index (κ2) is 6.21. The van der Waals surface area contributed by atoms with E-state index in [-0.39, 0.29) is 5.91 Å². The van der Waals surface area contributed by atoms with Crippen molar-refractivity contribution in [3.8, 4) is 0 Å². The Kier molecular flexibility index (Phi) is 4.88. The van der Waals surface area contributed by atoms with Crippen molar-refractivity contribution in [3.63, 3.8) is 0 Å². The van der Waals surface area contributed by atoms with Crippen LogP contribution in [0.5, 0.6) is 0 Å². The van der Waals surface area contributed by atoms with Crippen LogP contribution in [0, 0.1) is 0 Å². The molecule has 2 rings (SSSR count). The molecule has 17 heavy (non-hydrogen) atoms. The van der Waals surface area contributed by atoms with E-state index in [1.165, 1.54) is 0 Å². The van der Waals surface area contributed by atoms with Crippen molar-refractivity contribution < 1.29 is 4.79 Å². The molecule has 0 N–H and O–H groups in total. The molecule has 1 aromatic heterocycles. The molecule has 0 saturated carbocycles. The highest BCUT2D eigenvalue weighted by atomic mass is 79.9. The Morgan fingerprint density at radius 2 is 2.47 bits per heavy atom. The van der Waals surface area contributed by atoms with E-state index in [0.717, 1.165) is 41.6 Å². The lowest BCUT2D eigenvalue weighted by Crippen LogP contribution is -2.35. The molecule has 0 radical (unpaired) electrons. The fraction of sp³-hybridized carbons (Fsp3) is 0.583. The molecule has 0 spiro atoms. The third-order valence-electron chi connectivity index (χ3n) is 3.12. The lowest BCUT2D eigenvalue weighted by Gasteiger charge is -2.24. The summed E-state index contributed by atoms with van der Waals surface area (Å²) in [5.41, 5.74) is 0.805. The molecule has 0 bridgehead atoms. The molecule has 5 heteroatoms. The van der Waals surface area contributed by atoms with E-state index in [2.05, 4.69) is 15.9 Å². The molecule has 2 heterocycles. The number of carbonyl (C=O) groups is 1. The lowest BCUT2D eigenvalue weighted by atomic mass is 10.1. The topological polar surface area (TPSA) is 20.3 Å². The summed E-state index contributed by atoms with van der Waals surface area (Å²) >= 11 is 10.7. The molecular weight excluding hydrogens is 322 g/mol. The zero-order valence-electron chi connectivity index (χ0n) is 9.49. The van der Waals surface area contributed by atoms with Crippen LogP contribution in [0.25, 0.3) is 0 Å². The van der Waals surface area contributed by atoms with Crippen molar-refractivity contribution in [2.75, 3.05) is 12.4 Å². The van der Waals surface area contributed by atoms with E-state index in [1.807, 2.05) is 16.3 Å². The minimum absolute atomic E-state index is 0.170. The number of rotatable bonds is 4. The normalized spacial score (nSPS) is 19.9. The van der Waals surface area contributed by atoms with Crippen LogP contribution in [0.1, 0.15) is 36.0 Å². The number of hydrogen-bond acceptors (Lipinski definition) is 2. The van der Waals surface area contributed by atoms with Crippen molar-refractivity contribution in [2.45, 2.75) is 31.7 Å². The number of thiophene rings is 1. The van der Waals surface area contributed by atoms with Gasteiger partial charge in [-0.15, -0.1) is 22.9 Å². The summed E-state index contributed by atoms with van der Waals surface area (Å²) in [6.07, 6.45) is 4.25. The van der Waals surface area contributed by atoms with Crippen LogP contribution < -0.4 is 0 Å². The van der Waals surface area contributed by atoms with Crippen LogP contribution in [0.15, 0.2) is 15.2 Å². The van der Waals surface area contributed by atoms with E-state index in [1.54, 1.807) is 11.3 Å². The van der Waals surface area contributed by atoms with Crippen LogP contribution >= 0.6 is 38.9 Å². The average Bonchev–Trinajstić information content (AvgIpc) is 2.94. The van der Waals surface area contributed by atoms with Gasteiger partial charge in [0.25, 0.3) is 5.91 Å². The highest BCUT2D eigenvalue weighted by Crippen LogP contribution is 2.27. The van der Waals surface area contributed by atoms with Crippen LogP contribution in [0.4, 0.5) is 0 Å². The van der Waals surface area contributed by atoms with E-state index < -0.39 is 0 Å². The summed E-state index contributed by atoms with van der Waals surface area (Å²) in [5.74, 6) is 0.853. The summed E-state index contributed by atoms with van der Waals surface area (Å²) < 4.78 is 1.01. The first-order valence-electron chi connectivity index (χ1n) is 5.83. The highest BCUT2D eigenvalue weighted by Gasteiger charge is 2.29. The highest BCUT2D eigenvalue weighted by molar-refractivity contribution is 9.11. The summed E-state index contributed by atoms with van der Waals surface area (Å²) in [5, 5.41) is 1.92. The second-order valence-corrected chi connectivity index (χ2v) is 6.93. The van der Waals surface area contributed by atoms with E-state index >= 15 is 0 Å². The zero-order valence-corrected chi connectivity index (χ0v) is 12.7. The fourth-order valence-corrected chi connectivity index (χ4v) is 3.59. The van der Waals surface area contributed by atoms with Gasteiger partial charge in [-0.1, -0.05) is 0 Å². The molecule has 1 unspecified atom stereocenters. The van der Waals surface area contributed by atoms with Crippen molar-refractivity contribution >= 4 is 44.8 Å². The minimum atomic E-state index is 0.170. The average molecular weight is 337 g/mol. The molecular formula is C12H15BrClNOS. The predicted molar refractivity (Wildman–Crippen MR) is 76.0 cm³/mol. The lowest BCUT2D eigenvalue weighted by molar-refractivity contribution is 0.0730. The number of halogens is 2. The van der Waals surface area contributed by atoms with Gasteiger partial charge in [0.05, 0.1) is 9.35 Å². The minimum Gasteiger partial charge on any atom is -0.336 e. The van der Waals surface area contributed by atoms with Gasteiger partial charge in [-0.25, -0.2) is 0 Å². The van der Waals surface area contributed by atoms with Crippen LogP contribution in [0.2, 0.25) is 0 Å². The van der Waals surface area contributed by atoms with Crippen molar-refractivity contribution in [1.82, 2.24) is 4.90 Å². The Labute approximate surface area is 119 Å². The first kappa shape index (κ1) is 13.4. The largest absolute Gasteiger partial charge is 0.336 e. The third kappa shape index (κ3) is 3.24. The van der Waals surface area contributed by atoms with E-state index in [4.69, 9.17) is 11.6 Å². The van der Waals surface area contributed by atoms with Crippen LogP contribution in [-0.2, 0) is 0 Å². The predicted octanol–water partition coefficient (Wildman–Crippen LogP) is 4.13. The van der Waals surface area contributed by atoms with Crippen LogP contribution in [0.3, 0.4) is 0 Å². The number of carbonyl (C=O) groups excluding carboxylic acids is 1. The SMILES string of the molecule is O=C(c1csc(Br)c1)N1CCCC1CCCCl. The maximum Gasteiger partial charge on any atom is 0.254 e. The Hall–Kier alpha value is -0.0600. The standard InChI is InChI=1S/C12H15BrClNOS/c13-11-7-9(8-17-11)12(16)15-6-2-4-10(15)3-1-5-14/h7-8,10H,1-6H2. The molecule has 0 aromatic carbocycles. The molecule has 1 fully saturated rings. The van der Waals surface area contributed by atoms with Gasteiger partial charge in [0.2, 0.25) is 0 Å². The summed E-state index contributed by atoms with van der Waals surface area (Å²) in [4.78, 5) is 14.3. The molecule has 1 aromatic rings. The van der Waals surface area contributed by atoms with Gasteiger partial charge in [0, 0.05) is 23.8 Å². The monoisotopic (exact) mass is 335 g/mol. The van der Waals surface area contributed by atoms with Gasteiger partial charge in [-0.2, -0.15) is 0 Å². The fourth-order valence-electron chi connectivity index (χ4n) is 2.30. The Balaban J connectivity index is 2.03. The Bertz CT molecular complexity index is 396. The molecule has 2 nitrogen and oxygen atoms in total. The van der Waals surface area contributed by atoms with Crippen LogP contribution in [-0.4, -0.2) is 29.3 Å². The van der Waals surface area contributed by atoms with Gasteiger partial charge < -0.3 is 4.90 Å². The van der Waals surface area contributed by atoms with Gasteiger partial charge in [-0.05, 0) is 47.7 Å².